The van der Waals surface area contributed by atoms with Crippen molar-refractivity contribution >= 4 is 33.4 Å². The minimum Gasteiger partial charge on any atom is -0.353 e. The molecule has 1 aliphatic heterocycles. The smallest absolute Gasteiger partial charge is 0.251 e. The average Bonchev–Trinajstić information content (AvgIpc) is 3.33. The Morgan fingerprint density at radius 1 is 1.06 bits per heavy atom. The van der Waals surface area contributed by atoms with Gasteiger partial charge in [0.1, 0.15) is 0 Å². The van der Waals surface area contributed by atoms with Crippen molar-refractivity contribution in [2.45, 2.75) is 23.8 Å². The highest BCUT2D eigenvalue weighted by Gasteiger charge is 2.25. The molecule has 0 bridgehead atoms. The van der Waals surface area contributed by atoms with Crippen LogP contribution < -0.4 is 10.6 Å². The number of rotatable bonds is 9. The van der Waals surface area contributed by atoms with Gasteiger partial charge >= 0.3 is 0 Å². The van der Waals surface area contributed by atoms with E-state index in [0.717, 1.165) is 35.8 Å². The molecule has 0 saturated carbocycles. The Bertz CT molecular complexity index is 1100. The average molecular weight is 493 g/mol. The molecular formula is C23H29ClN4O4S. The largest absolute Gasteiger partial charge is 0.353 e. The van der Waals surface area contributed by atoms with Gasteiger partial charge in [-0.2, -0.15) is 0 Å². The Labute approximate surface area is 200 Å². The van der Waals surface area contributed by atoms with Gasteiger partial charge in [0, 0.05) is 31.2 Å². The molecule has 1 aliphatic rings. The van der Waals surface area contributed by atoms with Crippen LogP contribution in [0.3, 0.4) is 0 Å². The summed E-state index contributed by atoms with van der Waals surface area (Å²) in [6.45, 7) is 2.02. The van der Waals surface area contributed by atoms with Gasteiger partial charge in [-0.05, 0) is 55.8 Å². The van der Waals surface area contributed by atoms with Gasteiger partial charge in [0.2, 0.25) is 15.9 Å². The topological polar surface area (TPSA) is 98.8 Å². The molecule has 2 aromatic carbocycles. The Morgan fingerprint density at radius 2 is 1.76 bits per heavy atom. The van der Waals surface area contributed by atoms with E-state index in [0.29, 0.717) is 11.6 Å². The quantitative estimate of drug-likeness (QED) is 0.559. The van der Waals surface area contributed by atoms with Gasteiger partial charge < -0.3 is 10.6 Å². The molecule has 0 spiro atoms. The molecule has 1 heterocycles. The molecule has 1 saturated heterocycles. The first kappa shape index (κ1) is 25.2. The normalized spacial score (nSPS) is 15.4. The van der Waals surface area contributed by atoms with Gasteiger partial charge in [-0.25, -0.2) is 12.7 Å². The molecule has 0 radical (unpaired) electrons. The second kappa shape index (κ2) is 11.1. The van der Waals surface area contributed by atoms with Crippen LogP contribution in [0, 0.1) is 0 Å². The van der Waals surface area contributed by atoms with Crippen molar-refractivity contribution in [2.75, 3.05) is 40.3 Å². The third-order valence-corrected chi connectivity index (χ3v) is 7.78. The lowest BCUT2D eigenvalue weighted by atomic mass is 10.1. The van der Waals surface area contributed by atoms with Gasteiger partial charge in [0.25, 0.3) is 5.91 Å². The third-order valence-electron chi connectivity index (χ3n) is 5.62. The molecule has 0 aromatic heterocycles. The van der Waals surface area contributed by atoms with Crippen molar-refractivity contribution in [3.05, 3.63) is 64.7 Å². The summed E-state index contributed by atoms with van der Waals surface area (Å²) in [4.78, 5) is 27.3. The summed E-state index contributed by atoms with van der Waals surface area (Å²) in [5.74, 6) is -0.861. The highest BCUT2D eigenvalue weighted by Crippen LogP contribution is 2.29. The number of halogens is 1. The number of nitrogens with one attached hydrogen (secondary N) is 2. The van der Waals surface area contributed by atoms with E-state index in [1.165, 1.54) is 38.4 Å². The molecule has 10 heteroatoms. The van der Waals surface area contributed by atoms with E-state index in [2.05, 4.69) is 15.5 Å². The molecule has 0 aliphatic carbocycles. The van der Waals surface area contributed by atoms with Crippen molar-refractivity contribution < 1.29 is 18.0 Å². The number of amides is 2. The van der Waals surface area contributed by atoms with Crippen molar-refractivity contribution in [3.8, 4) is 0 Å². The number of sulfonamides is 1. The summed E-state index contributed by atoms with van der Waals surface area (Å²) in [7, 11) is -0.820. The predicted octanol–water partition coefficient (Wildman–Crippen LogP) is 2.27. The van der Waals surface area contributed by atoms with Crippen LogP contribution in [0.25, 0.3) is 0 Å². The van der Waals surface area contributed by atoms with Crippen LogP contribution in [0.1, 0.15) is 34.8 Å². The molecule has 2 aromatic rings. The Balaban J connectivity index is 1.59. The fourth-order valence-corrected chi connectivity index (χ4v) is 4.99. The predicted molar refractivity (Wildman–Crippen MR) is 128 cm³/mol. The lowest BCUT2D eigenvalue weighted by Gasteiger charge is -2.29. The summed E-state index contributed by atoms with van der Waals surface area (Å²) >= 11 is 6.41. The SMILES string of the molecule is CN(C)S(=O)(=O)c1cccc(C(=O)NCC(=O)NCC(c2ccccc2Cl)N2CCCC2)c1. The van der Waals surface area contributed by atoms with Crippen molar-refractivity contribution in [2.24, 2.45) is 0 Å². The summed E-state index contributed by atoms with van der Waals surface area (Å²) in [5, 5.41) is 6.10. The molecule has 8 nitrogen and oxygen atoms in total. The minimum absolute atomic E-state index is 0.0118. The van der Waals surface area contributed by atoms with Gasteiger partial charge in [-0.15, -0.1) is 0 Å². The minimum atomic E-state index is -3.66. The number of carbonyl (C=O) groups is 2. The van der Waals surface area contributed by atoms with Crippen molar-refractivity contribution in [1.82, 2.24) is 19.8 Å². The Kier molecular flexibility index (Phi) is 8.47. The molecule has 2 amide bonds. The van der Waals surface area contributed by atoms with Crippen molar-refractivity contribution in [1.29, 1.82) is 0 Å². The monoisotopic (exact) mass is 492 g/mol. The first-order valence-corrected chi connectivity index (χ1v) is 12.6. The van der Waals surface area contributed by atoms with Crippen LogP contribution in [-0.2, 0) is 14.8 Å². The summed E-state index contributed by atoms with van der Waals surface area (Å²) in [5.41, 5.74) is 1.13. The molecule has 33 heavy (non-hydrogen) atoms. The van der Waals surface area contributed by atoms with E-state index < -0.39 is 15.9 Å². The number of benzene rings is 2. The van der Waals surface area contributed by atoms with E-state index >= 15 is 0 Å². The molecule has 1 atom stereocenters. The van der Waals surface area contributed by atoms with Gasteiger partial charge in [-0.3, -0.25) is 14.5 Å². The number of nitrogens with zero attached hydrogens (tertiary/aromatic N) is 2. The van der Waals surface area contributed by atoms with Crippen LogP contribution >= 0.6 is 11.6 Å². The van der Waals surface area contributed by atoms with E-state index in [-0.39, 0.29) is 29.0 Å². The van der Waals surface area contributed by atoms with E-state index in [9.17, 15) is 18.0 Å². The van der Waals surface area contributed by atoms with E-state index in [1.54, 1.807) is 0 Å². The summed E-state index contributed by atoms with van der Waals surface area (Å²) in [6.07, 6.45) is 2.21. The number of hydrogen-bond donors (Lipinski definition) is 2. The third kappa shape index (κ3) is 6.32. The van der Waals surface area contributed by atoms with Crippen LogP contribution in [0.2, 0.25) is 5.02 Å². The van der Waals surface area contributed by atoms with Gasteiger partial charge in [-0.1, -0.05) is 35.9 Å². The summed E-state index contributed by atoms with van der Waals surface area (Å²) < 4.78 is 25.7. The molecule has 1 unspecified atom stereocenters. The van der Waals surface area contributed by atoms with Crippen molar-refractivity contribution in [3.63, 3.8) is 0 Å². The van der Waals surface area contributed by atoms with Crippen LogP contribution in [0.4, 0.5) is 0 Å². The zero-order chi connectivity index (χ0) is 24.0. The van der Waals surface area contributed by atoms with E-state index in [4.69, 9.17) is 11.6 Å². The molecular weight excluding hydrogens is 464 g/mol. The second-order valence-corrected chi connectivity index (χ2v) is 10.6. The number of likely N-dealkylation sites (tertiary alicyclic amines) is 1. The molecule has 2 N–H and O–H groups in total. The lowest BCUT2D eigenvalue weighted by molar-refractivity contribution is -0.120. The standard InChI is InChI=1S/C23H29ClN4O4S/c1-27(2)33(31,32)18-9-7-8-17(14-18)23(30)26-16-22(29)25-15-21(28-12-5-6-13-28)19-10-3-4-11-20(19)24/h3-4,7-11,14,21H,5-6,12-13,15-16H2,1-2H3,(H,25,29)(H,26,30). The first-order chi connectivity index (χ1) is 15.7. The highest BCUT2D eigenvalue weighted by atomic mass is 35.5. The number of carbonyl (C=O) groups excluding carboxylic acids is 2. The Morgan fingerprint density at radius 3 is 2.42 bits per heavy atom. The van der Waals surface area contributed by atoms with Crippen LogP contribution in [0.15, 0.2) is 53.4 Å². The zero-order valence-electron chi connectivity index (χ0n) is 18.8. The number of hydrogen-bond acceptors (Lipinski definition) is 5. The van der Waals surface area contributed by atoms with Crippen LogP contribution in [0.5, 0.6) is 0 Å². The fraction of sp³-hybridized carbons (Fsp3) is 0.391. The summed E-state index contributed by atoms with van der Waals surface area (Å²) in [6, 6.07) is 13.3. The van der Waals surface area contributed by atoms with Gasteiger partial charge in [0.05, 0.1) is 17.5 Å². The molecule has 178 valence electrons. The fourth-order valence-electron chi connectivity index (χ4n) is 3.78. The first-order valence-electron chi connectivity index (χ1n) is 10.8. The maximum atomic E-state index is 12.5. The van der Waals surface area contributed by atoms with Gasteiger partial charge in [0.15, 0.2) is 0 Å². The maximum absolute atomic E-state index is 12.5. The van der Waals surface area contributed by atoms with Crippen LogP contribution in [-0.4, -0.2) is 69.7 Å². The second-order valence-electron chi connectivity index (χ2n) is 8.08. The zero-order valence-corrected chi connectivity index (χ0v) is 20.3. The maximum Gasteiger partial charge on any atom is 0.251 e. The van der Waals surface area contributed by atoms with E-state index in [1.807, 2.05) is 24.3 Å². The molecule has 1 fully saturated rings. The lowest BCUT2D eigenvalue weighted by Crippen LogP contribution is -2.41. The highest BCUT2D eigenvalue weighted by molar-refractivity contribution is 7.89. The molecule has 3 rings (SSSR count). The Hall–Kier alpha value is -2.46.